The Hall–Kier alpha value is -2.60. The molecule has 124 valence electrons. The van der Waals surface area contributed by atoms with Gasteiger partial charge in [0, 0.05) is 25.0 Å². The Morgan fingerprint density at radius 1 is 1.21 bits per heavy atom. The topological polar surface area (TPSA) is 64.7 Å². The monoisotopic (exact) mass is 343 g/mol. The number of benzene rings is 1. The van der Waals surface area contributed by atoms with Gasteiger partial charge in [-0.05, 0) is 25.0 Å². The van der Waals surface area contributed by atoms with Gasteiger partial charge in [-0.2, -0.15) is 10.2 Å². The lowest BCUT2D eigenvalue weighted by Gasteiger charge is -2.05. The lowest BCUT2D eigenvalue weighted by molar-refractivity contribution is 0.102. The highest BCUT2D eigenvalue weighted by molar-refractivity contribution is 6.34. The number of anilines is 1. The van der Waals surface area contributed by atoms with Gasteiger partial charge < -0.3 is 5.32 Å². The summed E-state index contributed by atoms with van der Waals surface area (Å²) in [4.78, 5) is 12.3. The average Bonchev–Trinajstić information content (AvgIpc) is 3.16. The van der Waals surface area contributed by atoms with Crippen molar-refractivity contribution in [3.8, 4) is 0 Å². The highest BCUT2D eigenvalue weighted by atomic mass is 35.5. The molecule has 0 aliphatic rings. The Labute approximate surface area is 145 Å². The number of aryl methyl sites for hydroxylation is 2. The number of nitrogens with zero attached hydrogens (tertiary/aromatic N) is 4. The van der Waals surface area contributed by atoms with Crippen molar-refractivity contribution in [2.24, 2.45) is 0 Å². The van der Waals surface area contributed by atoms with Gasteiger partial charge in [-0.3, -0.25) is 14.2 Å². The van der Waals surface area contributed by atoms with E-state index in [0.29, 0.717) is 23.9 Å². The molecule has 2 aromatic heterocycles. The maximum Gasteiger partial charge on any atom is 0.278 e. The second kappa shape index (κ2) is 6.88. The summed E-state index contributed by atoms with van der Waals surface area (Å²) in [7, 11) is 0. The van der Waals surface area contributed by atoms with Crippen LogP contribution in [0.4, 0.5) is 5.82 Å². The molecular weight excluding hydrogens is 326 g/mol. The van der Waals surface area contributed by atoms with Crippen LogP contribution >= 0.6 is 11.6 Å². The minimum atomic E-state index is -0.367. The standard InChI is InChI=1S/C17H18ClN5O/c1-3-22-11-14(18)16(21-22)17(24)19-15-8-9-23(20-15)10-13-7-5-4-6-12(13)2/h4-9,11H,3,10H2,1-2H3,(H,19,20,24). The Morgan fingerprint density at radius 3 is 2.71 bits per heavy atom. The largest absolute Gasteiger partial charge is 0.304 e. The number of nitrogens with one attached hydrogen (secondary N) is 1. The van der Waals surface area contributed by atoms with Crippen LogP contribution in [0.5, 0.6) is 0 Å². The SMILES string of the molecule is CCn1cc(Cl)c(C(=O)Nc2ccn(Cc3ccccc3C)n2)n1. The minimum Gasteiger partial charge on any atom is -0.304 e. The van der Waals surface area contributed by atoms with Crippen LogP contribution in [0.1, 0.15) is 28.5 Å². The first-order valence-electron chi connectivity index (χ1n) is 7.69. The predicted molar refractivity (Wildman–Crippen MR) is 93.4 cm³/mol. The molecule has 2 heterocycles. The van der Waals surface area contributed by atoms with Gasteiger partial charge in [0.1, 0.15) is 0 Å². The third kappa shape index (κ3) is 3.49. The third-order valence-corrected chi connectivity index (χ3v) is 4.01. The van der Waals surface area contributed by atoms with E-state index in [1.165, 1.54) is 11.1 Å². The maximum absolute atomic E-state index is 12.3. The second-order valence-corrected chi connectivity index (χ2v) is 5.87. The zero-order chi connectivity index (χ0) is 17.1. The molecule has 0 bridgehead atoms. The summed E-state index contributed by atoms with van der Waals surface area (Å²) in [5, 5.41) is 11.6. The van der Waals surface area contributed by atoms with Crippen LogP contribution in [0.3, 0.4) is 0 Å². The van der Waals surface area contributed by atoms with E-state index in [2.05, 4.69) is 34.6 Å². The molecule has 1 N–H and O–H groups in total. The molecule has 24 heavy (non-hydrogen) atoms. The van der Waals surface area contributed by atoms with Crippen LogP contribution in [0.2, 0.25) is 5.02 Å². The van der Waals surface area contributed by atoms with E-state index in [4.69, 9.17) is 11.6 Å². The van der Waals surface area contributed by atoms with Crippen molar-refractivity contribution in [1.82, 2.24) is 19.6 Å². The molecule has 0 aliphatic carbocycles. The van der Waals surface area contributed by atoms with E-state index in [9.17, 15) is 4.79 Å². The number of carbonyl (C=O) groups is 1. The lowest BCUT2D eigenvalue weighted by atomic mass is 10.1. The van der Waals surface area contributed by atoms with Gasteiger partial charge in [0.05, 0.1) is 11.6 Å². The Bertz CT molecular complexity index is 868. The van der Waals surface area contributed by atoms with Gasteiger partial charge in [0.15, 0.2) is 11.5 Å². The van der Waals surface area contributed by atoms with E-state index < -0.39 is 0 Å². The summed E-state index contributed by atoms with van der Waals surface area (Å²) in [6, 6.07) is 9.88. The maximum atomic E-state index is 12.3. The smallest absolute Gasteiger partial charge is 0.278 e. The summed E-state index contributed by atoms with van der Waals surface area (Å²) in [6.45, 7) is 5.29. The molecule has 6 nitrogen and oxygen atoms in total. The summed E-state index contributed by atoms with van der Waals surface area (Å²) < 4.78 is 3.40. The van der Waals surface area contributed by atoms with Crippen LogP contribution in [0, 0.1) is 6.92 Å². The van der Waals surface area contributed by atoms with Gasteiger partial charge in [0.2, 0.25) is 0 Å². The zero-order valence-electron chi connectivity index (χ0n) is 13.5. The third-order valence-electron chi connectivity index (χ3n) is 3.73. The summed E-state index contributed by atoms with van der Waals surface area (Å²) in [5.41, 5.74) is 2.59. The molecule has 3 aromatic rings. The van der Waals surface area contributed by atoms with E-state index in [0.717, 1.165) is 0 Å². The van der Waals surface area contributed by atoms with E-state index in [1.54, 1.807) is 21.6 Å². The molecule has 0 saturated heterocycles. The first-order chi connectivity index (χ1) is 11.6. The van der Waals surface area contributed by atoms with Crippen LogP contribution < -0.4 is 5.32 Å². The zero-order valence-corrected chi connectivity index (χ0v) is 14.3. The van der Waals surface area contributed by atoms with Crippen molar-refractivity contribution in [3.05, 3.63) is 64.6 Å². The normalized spacial score (nSPS) is 10.8. The number of hydrogen-bond donors (Lipinski definition) is 1. The highest BCUT2D eigenvalue weighted by Crippen LogP contribution is 2.16. The summed E-state index contributed by atoms with van der Waals surface area (Å²) >= 11 is 6.04. The van der Waals surface area contributed by atoms with Crippen molar-refractivity contribution < 1.29 is 4.79 Å². The van der Waals surface area contributed by atoms with Crippen LogP contribution in [0.15, 0.2) is 42.7 Å². The molecule has 0 fully saturated rings. The lowest BCUT2D eigenvalue weighted by Crippen LogP contribution is -2.14. The van der Waals surface area contributed by atoms with Gasteiger partial charge >= 0.3 is 0 Å². The molecule has 0 aliphatic heterocycles. The van der Waals surface area contributed by atoms with Crippen LogP contribution in [-0.4, -0.2) is 25.5 Å². The fourth-order valence-electron chi connectivity index (χ4n) is 2.37. The van der Waals surface area contributed by atoms with Crippen molar-refractivity contribution in [2.45, 2.75) is 26.9 Å². The van der Waals surface area contributed by atoms with Crippen molar-refractivity contribution in [1.29, 1.82) is 0 Å². The quantitative estimate of drug-likeness (QED) is 0.772. The number of hydrogen-bond acceptors (Lipinski definition) is 3. The second-order valence-electron chi connectivity index (χ2n) is 5.46. The molecule has 0 spiro atoms. The molecule has 3 rings (SSSR count). The van der Waals surface area contributed by atoms with Gasteiger partial charge in [-0.1, -0.05) is 35.9 Å². The molecule has 0 radical (unpaired) electrons. The van der Waals surface area contributed by atoms with E-state index in [1.807, 2.05) is 25.3 Å². The first kappa shape index (κ1) is 16.3. The number of aromatic nitrogens is 4. The van der Waals surface area contributed by atoms with Gasteiger partial charge in [0.25, 0.3) is 5.91 Å². The molecular formula is C17H18ClN5O. The Balaban J connectivity index is 1.70. The molecule has 0 atom stereocenters. The number of rotatable bonds is 5. The molecule has 7 heteroatoms. The molecule has 1 aromatic carbocycles. The summed E-state index contributed by atoms with van der Waals surface area (Å²) in [6.07, 6.45) is 3.46. The number of amides is 1. The van der Waals surface area contributed by atoms with E-state index in [-0.39, 0.29) is 11.6 Å². The molecule has 1 amide bonds. The van der Waals surface area contributed by atoms with Crippen LogP contribution in [-0.2, 0) is 13.1 Å². The van der Waals surface area contributed by atoms with Crippen LogP contribution in [0.25, 0.3) is 0 Å². The van der Waals surface area contributed by atoms with Crippen molar-refractivity contribution >= 4 is 23.3 Å². The minimum absolute atomic E-state index is 0.201. The molecule has 0 unspecified atom stereocenters. The first-order valence-corrected chi connectivity index (χ1v) is 8.07. The average molecular weight is 344 g/mol. The Kier molecular flexibility index (Phi) is 4.66. The Morgan fingerprint density at radius 2 is 2.00 bits per heavy atom. The highest BCUT2D eigenvalue weighted by Gasteiger charge is 2.16. The van der Waals surface area contributed by atoms with E-state index >= 15 is 0 Å². The van der Waals surface area contributed by atoms with Crippen molar-refractivity contribution in [3.63, 3.8) is 0 Å². The number of halogens is 1. The van der Waals surface area contributed by atoms with Gasteiger partial charge in [-0.15, -0.1) is 0 Å². The van der Waals surface area contributed by atoms with Crippen molar-refractivity contribution in [2.75, 3.05) is 5.32 Å². The fourth-order valence-corrected chi connectivity index (χ4v) is 2.60. The van der Waals surface area contributed by atoms with Gasteiger partial charge in [-0.25, -0.2) is 0 Å². The molecule has 0 saturated carbocycles. The fraction of sp³-hybridized carbons (Fsp3) is 0.235. The summed E-state index contributed by atoms with van der Waals surface area (Å²) in [5.74, 6) is 0.101. The number of carbonyl (C=O) groups excluding carboxylic acids is 1. The predicted octanol–water partition coefficient (Wildman–Crippen LogP) is 3.36.